The minimum atomic E-state index is -0.236. The number of aryl methyl sites for hydroxylation is 1. The van der Waals surface area contributed by atoms with E-state index in [-0.39, 0.29) is 11.8 Å². The zero-order chi connectivity index (χ0) is 22.2. The molecule has 0 saturated heterocycles. The fourth-order valence-electron chi connectivity index (χ4n) is 3.05. The molecule has 0 aromatic heterocycles. The molecule has 2 amide bonds. The highest BCUT2D eigenvalue weighted by molar-refractivity contribution is 6.07. The van der Waals surface area contributed by atoms with Gasteiger partial charge in [-0.05, 0) is 67.3 Å². The number of nitrogens with one attached hydrogen (secondary N) is 2. The second-order valence-corrected chi connectivity index (χ2v) is 7.83. The van der Waals surface area contributed by atoms with E-state index >= 15 is 0 Å². The number of anilines is 2. The molecule has 0 heterocycles. The summed E-state index contributed by atoms with van der Waals surface area (Å²) in [6, 6.07) is 21.7. The van der Waals surface area contributed by atoms with E-state index in [0.29, 0.717) is 40.8 Å². The van der Waals surface area contributed by atoms with Crippen molar-refractivity contribution in [3.05, 3.63) is 89.5 Å². The van der Waals surface area contributed by atoms with Crippen molar-refractivity contribution in [2.75, 3.05) is 17.2 Å². The van der Waals surface area contributed by atoms with Crippen LogP contribution in [0.5, 0.6) is 5.75 Å². The van der Waals surface area contributed by atoms with Crippen molar-refractivity contribution in [1.82, 2.24) is 0 Å². The molecule has 0 saturated carbocycles. The summed E-state index contributed by atoms with van der Waals surface area (Å²) in [7, 11) is 0. The third-order valence-electron chi connectivity index (χ3n) is 4.85. The predicted molar refractivity (Wildman–Crippen MR) is 125 cm³/mol. The zero-order valence-electron chi connectivity index (χ0n) is 18.1. The van der Waals surface area contributed by atoms with Gasteiger partial charge in [0.05, 0.1) is 12.2 Å². The fourth-order valence-corrected chi connectivity index (χ4v) is 3.05. The average molecular weight is 417 g/mol. The molecule has 2 N–H and O–H groups in total. The Morgan fingerprint density at radius 1 is 0.871 bits per heavy atom. The molecule has 31 heavy (non-hydrogen) atoms. The number of hydrogen-bond acceptors (Lipinski definition) is 3. The van der Waals surface area contributed by atoms with Crippen LogP contribution in [0.1, 0.15) is 46.5 Å². The summed E-state index contributed by atoms with van der Waals surface area (Å²) in [6.07, 6.45) is 0.922. The first-order valence-electron chi connectivity index (χ1n) is 10.4. The van der Waals surface area contributed by atoms with Crippen LogP contribution in [-0.4, -0.2) is 18.4 Å². The van der Waals surface area contributed by atoms with Crippen LogP contribution in [-0.2, 0) is 0 Å². The molecular formula is C26H28N2O3. The number of carbonyl (C=O) groups excluding carboxylic acids is 2. The molecular weight excluding hydrogens is 388 g/mol. The lowest BCUT2D eigenvalue weighted by Crippen LogP contribution is -2.15. The third-order valence-corrected chi connectivity index (χ3v) is 4.85. The van der Waals surface area contributed by atoms with Crippen LogP contribution < -0.4 is 15.4 Å². The van der Waals surface area contributed by atoms with E-state index in [1.54, 1.807) is 30.3 Å². The summed E-state index contributed by atoms with van der Waals surface area (Å²) in [5.74, 6) is 0.697. The summed E-state index contributed by atoms with van der Waals surface area (Å²) in [5.41, 5.74) is 3.28. The van der Waals surface area contributed by atoms with E-state index < -0.39 is 0 Å². The van der Waals surface area contributed by atoms with Gasteiger partial charge in [0, 0.05) is 16.9 Å². The van der Waals surface area contributed by atoms with Crippen molar-refractivity contribution < 1.29 is 14.3 Å². The molecule has 0 aliphatic carbocycles. The average Bonchev–Trinajstić information content (AvgIpc) is 2.76. The van der Waals surface area contributed by atoms with Gasteiger partial charge in [-0.2, -0.15) is 0 Å². The van der Waals surface area contributed by atoms with Crippen molar-refractivity contribution in [3.63, 3.8) is 0 Å². The number of rotatable bonds is 8. The molecule has 0 aliphatic rings. The molecule has 5 heteroatoms. The van der Waals surface area contributed by atoms with E-state index in [2.05, 4.69) is 24.5 Å². The Morgan fingerprint density at radius 3 is 2.29 bits per heavy atom. The highest BCUT2D eigenvalue weighted by Gasteiger charge is 2.14. The van der Waals surface area contributed by atoms with Gasteiger partial charge in [-0.3, -0.25) is 9.59 Å². The van der Waals surface area contributed by atoms with Gasteiger partial charge in [0.25, 0.3) is 11.8 Å². The largest absolute Gasteiger partial charge is 0.493 e. The van der Waals surface area contributed by atoms with Crippen LogP contribution in [0.2, 0.25) is 0 Å². The molecule has 0 fully saturated rings. The summed E-state index contributed by atoms with van der Waals surface area (Å²) in [4.78, 5) is 25.2. The van der Waals surface area contributed by atoms with Gasteiger partial charge >= 0.3 is 0 Å². The van der Waals surface area contributed by atoms with Crippen molar-refractivity contribution in [1.29, 1.82) is 0 Å². The van der Waals surface area contributed by atoms with E-state index in [9.17, 15) is 9.59 Å². The molecule has 3 aromatic rings. The standard InChI is InChI=1S/C26H28N2O3/c1-18(2)15-16-31-24-12-8-7-11-22(24)26(30)27-21-13-14-23(19(3)17-21)28-25(29)20-9-5-4-6-10-20/h4-14,17-18H,15-16H2,1-3H3,(H,27,30)(H,28,29). The lowest BCUT2D eigenvalue weighted by molar-refractivity contribution is 0.101. The highest BCUT2D eigenvalue weighted by atomic mass is 16.5. The van der Waals surface area contributed by atoms with Crippen LogP contribution in [0, 0.1) is 12.8 Å². The number of hydrogen-bond donors (Lipinski definition) is 2. The van der Waals surface area contributed by atoms with Crippen LogP contribution in [0.15, 0.2) is 72.8 Å². The van der Waals surface area contributed by atoms with Gasteiger partial charge in [0.1, 0.15) is 5.75 Å². The highest BCUT2D eigenvalue weighted by Crippen LogP contribution is 2.23. The number of para-hydroxylation sites is 1. The maximum absolute atomic E-state index is 12.8. The second kappa shape index (κ2) is 10.4. The Labute approximate surface area is 183 Å². The minimum absolute atomic E-state index is 0.173. The first kappa shape index (κ1) is 22.1. The normalized spacial score (nSPS) is 10.6. The second-order valence-electron chi connectivity index (χ2n) is 7.83. The molecule has 0 bridgehead atoms. The molecule has 0 unspecified atom stereocenters. The van der Waals surface area contributed by atoms with Crippen LogP contribution in [0.4, 0.5) is 11.4 Å². The summed E-state index contributed by atoms with van der Waals surface area (Å²) >= 11 is 0. The molecule has 0 atom stereocenters. The monoisotopic (exact) mass is 416 g/mol. The molecule has 3 aromatic carbocycles. The SMILES string of the molecule is Cc1cc(NC(=O)c2ccccc2OCCC(C)C)ccc1NC(=O)c1ccccc1. The van der Waals surface area contributed by atoms with Gasteiger partial charge in [-0.15, -0.1) is 0 Å². The smallest absolute Gasteiger partial charge is 0.259 e. The zero-order valence-corrected chi connectivity index (χ0v) is 18.1. The van der Waals surface area contributed by atoms with Gasteiger partial charge in [-0.25, -0.2) is 0 Å². The molecule has 0 aliphatic heterocycles. The Hall–Kier alpha value is -3.60. The van der Waals surface area contributed by atoms with Crippen molar-refractivity contribution >= 4 is 23.2 Å². The van der Waals surface area contributed by atoms with Gasteiger partial charge < -0.3 is 15.4 Å². The maximum atomic E-state index is 12.8. The Bertz CT molecular complexity index is 1050. The Morgan fingerprint density at radius 2 is 1.58 bits per heavy atom. The predicted octanol–water partition coefficient (Wildman–Crippen LogP) is 5.92. The molecule has 160 valence electrons. The van der Waals surface area contributed by atoms with Crippen LogP contribution in [0.3, 0.4) is 0 Å². The third kappa shape index (κ3) is 6.19. The first-order chi connectivity index (χ1) is 14.9. The Balaban J connectivity index is 1.67. The lowest BCUT2D eigenvalue weighted by Gasteiger charge is -2.14. The fraction of sp³-hybridized carbons (Fsp3) is 0.231. The maximum Gasteiger partial charge on any atom is 0.259 e. The molecule has 5 nitrogen and oxygen atoms in total. The number of ether oxygens (including phenoxy) is 1. The molecule has 0 spiro atoms. The molecule has 3 rings (SSSR count). The number of benzene rings is 3. The van der Waals surface area contributed by atoms with Crippen molar-refractivity contribution in [2.45, 2.75) is 27.2 Å². The topological polar surface area (TPSA) is 67.4 Å². The lowest BCUT2D eigenvalue weighted by atomic mass is 10.1. The molecule has 0 radical (unpaired) electrons. The van der Waals surface area contributed by atoms with Crippen LogP contribution >= 0.6 is 0 Å². The summed E-state index contributed by atoms with van der Waals surface area (Å²) in [6.45, 7) is 6.72. The van der Waals surface area contributed by atoms with E-state index in [4.69, 9.17) is 4.74 Å². The first-order valence-corrected chi connectivity index (χ1v) is 10.4. The summed E-state index contributed by atoms with van der Waals surface area (Å²) < 4.78 is 5.83. The van der Waals surface area contributed by atoms with Gasteiger partial charge in [0.15, 0.2) is 0 Å². The Kier molecular flexibility index (Phi) is 7.44. The van der Waals surface area contributed by atoms with E-state index in [1.807, 2.05) is 49.4 Å². The minimum Gasteiger partial charge on any atom is -0.493 e. The number of carbonyl (C=O) groups is 2. The van der Waals surface area contributed by atoms with Crippen molar-refractivity contribution in [2.24, 2.45) is 5.92 Å². The number of amides is 2. The van der Waals surface area contributed by atoms with Gasteiger partial charge in [-0.1, -0.05) is 44.2 Å². The van der Waals surface area contributed by atoms with Gasteiger partial charge in [0.2, 0.25) is 0 Å². The van der Waals surface area contributed by atoms with E-state index in [0.717, 1.165) is 12.0 Å². The quantitative estimate of drug-likeness (QED) is 0.479. The van der Waals surface area contributed by atoms with E-state index in [1.165, 1.54) is 0 Å². The van der Waals surface area contributed by atoms with Crippen molar-refractivity contribution in [3.8, 4) is 5.75 Å². The summed E-state index contributed by atoms with van der Waals surface area (Å²) in [5, 5.41) is 5.83. The van der Waals surface area contributed by atoms with Crippen LogP contribution in [0.25, 0.3) is 0 Å².